The summed E-state index contributed by atoms with van der Waals surface area (Å²) < 4.78 is 7.45. The zero-order valence-electron chi connectivity index (χ0n) is 19.7. The summed E-state index contributed by atoms with van der Waals surface area (Å²) in [4.78, 5) is 16.9. The van der Waals surface area contributed by atoms with Gasteiger partial charge in [0.1, 0.15) is 0 Å². The van der Waals surface area contributed by atoms with E-state index in [4.69, 9.17) is 21.4 Å². The number of morpholine rings is 1. The molecule has 5 rings (SSSR count). The number of likely N-dealkylation sites (tertiary alicyclic amines) is 1. The van der Waals surface area contributed by atoms with Crippen molar-refractivity contribution in [3.8, 4) is 0 Å². The molecule has 0 saturated carbocycles. The van der Waals surface area contributed by atoms with Gasteiger partial charge >= 0.3 is 0 Å². The van der Waals surface area contributed by atoms with Gasteiger partial charge in [0.05, 0.1) is 18.7 Å². The highest BCUT2D eigenvalue weighted by Crippen LogP contribution is 2.23. The molecule has 2 fully saturated rings. The number of amides is 1. The Balaban J connectivity index is 1.12. The Labute approximate surface area is 205 Å². The van der Waals surface area contributed by atoms with Crippen molar-refractivity contribution in [2.24, 2.45) is 5.92 Å². The zero-order chi connectivity index (χ0) is 23.5. The third kappa shape index (κ3) is 5.44. The van der Waals surface area contributed by atoms with Crippen LogP contribution in [0.5, 0.6) is 0 Å². The lowest BCUT2D eigenvalue weighted by molar-refractivity contribution is 0.0384. The number of carbonyl (C=O) groups excluding carboxylic acids is 1. The van der Waals surface area contributed by atoms with Crippen molar-refractivity contribution in [1.29, 1.82) is 0 Å². The second-order valence-electron chi connectivity index (χ2n) is 9.40. The van der Waals surface area contributed by atoms with Gasteiger partial charge in [0.25, 0.3) is 5.91 Å². The summed E-state index contributed by atoms with van der Waals surface area (Å²) in [6, 6.07) is 11.5. The lowest BCUT2D eigenvalue weighted by Gasteiger charge is -2.39. The number of nitrogens with one attached hydrogen (secondary N) is 1. The molecule has 3 aromatic rings. The summed E-state index contributed by atoms with van der Waals surface area (Å²) in [5, 5.41) is 10.2. The second-order valence-corrected chi connectivity index (χ2v) is 9.84. The van der Waals surface area contributed by atoms with Crippen molar-refractivity contribution in [2.75, 3.05) is 52.5 Å². The first-order chi connectivity index (χ1) is 16.5. The summed E-state index contributed by atoms with van der Waals surface area (Å²) in [6.45, 7) is 11.1. The first-order valence-electron chi connectivity index (χ1n) is 12.1. The molecule has 2 aliphatic heterocycles. The van der Waals surface area contributed by atoms with Gasteiger partial charge in [0.2, 0.25) is 0 Å². The van der Waals surface area contributed by atoms with Gasteiger partial charge in [-0.25, -0.2) is 0 Å². The minimum Gasteiger partial charge on any atom is -0.379 e. The fourth-order valence-electron chi connectivity index (χ4n) is 4.73. The van der Waals surface area contributed by atoms with E-state index in [1.807, 2.05) is 9.58 Å². The van der Waals surface area contributed by atoms with Gasteiger partial charge in [-0.05, 0) is 54.4 Å². The Morgan fingerprint density at radius 2 is 1.94 bits per heavy atom. The second kappa shape index (κ2) is 10.4. The summed E-state index contributed by atoms with van der Waals surface area (Å²) in [6.07, 6.45) is 2.13. The topological polar surface area (TPSA) is 62.6 Å². The molecule has 34 heavy (non-hydrogen) atoms. The van der Waals surface area contributed by atoms with Gasteiger partial charge in [0.15, 0.2) is 0 Å². The van der Waals surface area contributed by atoms with Crippen molar-refractivity contribution in [3.05, 3.63) is 64.3 Å². The number of aryl methyl sites for hydroxylation is 1. The minimum atomic E-state index is 0.0694. The van der Waals surface area contributed by atoms with Crippen LogP contribution in [-0.2, 0) is 17.8 Å². The van der Waals surface area contributed by atoms with Gasteiger partial charge < -0.3 is 15.0 Å². The monoisotopic (exact) mass is 481 g/mol. The lowest BCUT2D eigenvalue weighted by atomic mass is 9.99. The Morgan fingerprint density at radius 1 is 1.18 bits per heavy atom. The van der Waals surface area contributed by atoms with E-state index in [0.29, 0.717) is 16.5 Å². The number of halogens is 1. The maximum Gasteiger partial charge on any atom is 0.253 e. The molecule has 0 atom stereocenters. The molecule has 2 aliphatic rings. The molecule has 180 valence electrons. The predicted molar refractivity (Wildman–Crippen MR) is 134 cm³/mol. The molecule has 1 N–H and O–H groups in total. The van der Waals surface area contributed by atoms with Gasteiger partial charge in [0, 0.05) is 80.4 Å². The molecular formula is C26H32ClN5O2. The van der Waals surface area contributed by atoms with Crippen LogP contribution in [0, 0.1) is 12.8 Å². The van der Waals surface area contributed by atoms with E-state index in [9.17, 15) is 4.79 Å². The van der Waals surface area contributed by atoms with Crippen molar-refractivity contribution in [1.82, 2.24) is 24.9 Å². The van der Waals surface area contributed by atoms with Crippen LogP contribution in [0.15, 0.2) is 42.6 Å². The van der Waals surface area contributed by atoms with Crippen LogP contribution in [0.2, 0.25) is 5.02 Å². The number of fused-ring (bicyclic) bond motifs is 1. The smallest absolute Gasteiger partial charge is 0.253 e. The predicted octanol–water partition coefficient (Wildman–Crippen LogP) is 3.19. The summed E-state index contributed by atoms with van der Waals surface area (Å²) in [5.74, 6) is 0.493. The van der Waals surface area contributed by atoms with Crippen LogP contribution in [-0.4, -0.2) is 78.0 Å². The Hall–Kier alpha value is -2.45. The van der Waals surface area contributed by atoms with E-state index in [0.717, 1.165) is 71.1 Å². The molecule has 3 heterocycles. The summed E-state index contributed by atoms with van der Waals surface area (Å²) in [7, 11) is 0. The first kappa shape index (κ1) is 23.3. The van der Waals surface area contributed by atoms with E-state index in [2.05, 4.69) is 35.5 Å². The van der Waals surface area contributed by atoms with E-state index >= 15 is 0 Å². The maximum absolute atomic E-state index is 12.6. The van der Waals surface area contributed by atoms with Gasteiger partial charge in [-0.1, -0.05) is 11.6 Å². The van der Waals surface area contributed by atoms with Crippen LogP contribution in [0.4, 0.5) is 0 Å². The van der Waals surface area contributed by atoms with Crippen LogP contribution < -0.4 is 5.32 Å². The number of hydrogen-bond donors (Lipinski definition) is 1. The molecule has 1 aromatic heterocycles. The number of ether oxygens (including phenoxy) is 1. The van der Waals surface area contributed by atoms with Gasteiger partial charge in [-0.3, -0.25) is 14.4 Å². The number of nitrogens with zero attached hydrogens (tertiary/aromatic N) is 4. The van der Waals surface area contributed by atoms with Gasteiger partial charge in [-0.15, -0.1) is 0 Å². The van der Waals surface area contributed by atoms with Crippen LogP contribution in [0.25, 0.3) is 10.9 Å². The number of benzene rings is 2. The van der Waals surface area contributed by atoms with Crippen LogP contribution in [0.3, 0.4) is 0 Å². The molecule has 0 aliphatic carbocycles. The standard InChI is InChI=1S/C26H32ClN5O2/c1-19-12-25-23(13-22(19)14-28-6-7-30-8-10-34-11-9-30)18-32(29-25)17-20-15-31(16-20)26(33)21-2-4-24(27)5-3-21/h2-5,12-13,18,20,28H,6-11,14-17H2,1H3. The van der Waals surface area contributed by atoms with Crippen molar-refractivity contribution in [3.63, 3.8) is 0 Å². The summed E-state index contributed by atoms with van der Waals surface area (Å²) >= 11 is 5.93. The molecule has 0 spiro atoms. The van der Waals surface area contributed by atoms with Crippen LogP contribution >= 0.6 is 11.6 Å². The molecular weight excluding hydrogens is 450 g/mol. The average molecular weight is 482 g/mol. The first-order valence-corrected chi connectivity index (χ1v) is 12.5. The number of aromatic nitrogens is 2. The van der Waals surface area contributed by atoms with E-state index in [1.165, 1.54) is 16.5 Å². The highest BCUT2D eigenvalue weighted by molar-refractivity contribution is 6.30. The molecule has 2 saturated heterocycles. The Kier molecular flexibility index (Phi) is 7.15. The largest absolute Gasteiger partial charge is 0.379 e. The summed E-state index contributed by atoms with van der Waals surface area (Å²) in [5.41, 5.74) is 4.30. The SMILES string of the molecule is Cc1cc2nn(CC3CN(C(=O)c4ccc(Cl)cc4)C3)cc2cc1CNCCN1CCOCC1. The number of hydrogen-bond acceptors (Lipinski definition) is 5. The van der Waals surface area contributed by atoms with Crippen molar-refractivity contribution >= 4 is 28.4 Å². The molecule has 7 nitrogen and oxygen atoms in total. The van der Waals surface area contributed by atoms with E-state index in [-0.39, 0.29) is 5.91 Å². The Morgan fingerprint density at radius 3 is 2.71 bits per heavy atom. The number of carbonyl (C=O) groups is 1. The normalized spacial score (nSPS) is 17.3. The molecule has 1 amide bonds. The van der Waals surface area contributed by atoms with Crippen molar-refractivity contribution in [2.45, 2.75) is 20.0 Å². The zero-order valence-corrected chi connectivity index (χ0v) is 20.4. The fourth-order valence-corrected chi connectivity index (χ4v) is 4.86. The quantitative estimate of drug-likeness (QED) is 0.501. The Bertz CT molecular complexity index is 1130. The fraction of sp³-hybridized carbons (Fsp3) is 0.462. The maximum atomic E-state index is 12.6. The molecule has 0 radical (unpaired) electrons. The molecule has 2 aromatic carbocycles. The lowest BCUT2D eigenvalue weighted by Crippen LogP contribution is -2.51. The third-order valence-electron chi connectivity index (χ3n) is 6.81. The van der Waals surface area contributed by atoms with E-state index < -0.39 is 0 Å². The number of rotatable bonds is 8. The van der Waals surface area contributed by atoms with Crippen molar-refractivity contribution < 1.29 is 9.53 Å². The third-order valence-corrected chi connectivity index (χ3v) is 7.07. The van der Waals surface area contributed by atoms with Gasteiger partial charge in [-0.2, -0.15) is 5.10 Å². The van der Waals surface area contributed by atoms with Crippen LogP contribution in [0.1, 0.15) is 21.5 Å². The highest BCUT2D eigenvalue weighted by atomic mass is 35.5. The van der Waals surface area contributed by atoms with E-state index in [1.54, 1.807) is 24.3 Å². The molecule has 0 unspecified atom stereocenters. The minimum absolute atomic E-state index is 0.0694. The average Bonchev–Trinajstić information content (AvgIpc) is 3.20. The molecule has 0 bridgehead atoms. The molecule has 8 heteroatoms. The highest BCUT2D eigenvalue weighted by Gasteiger charge is 2.31.